The summed E-state index contributed by atoms with van der Waals surface area (Å²) in [6.45, 7) is 0.724. The topological polar surface area (TPSA) is 77.0 Å². The number of rotatable bonds is 11. The first-order valence-electron chi connectivity index (χ1n) is 8.89. The lowest BCUT2D eigenvalue weighted by Gasteiger charge is -2.13. The maximum Gasteiger partial charge on any atom is 0.220 e. The summed E-state index contributed by atoms with van der Waals surface area (Å²) >= 11 is 0. The zero-order chi connectivity index (χ0) is 19.5. The Kier molecular flexibility index (Phi) is 8.61. The number of benzene rings is 2. The quantitative estimate of drug-likeness (QED) is 0.632. The highest BCUT2D eigenvalue weighted by molar-refractivity contribution is 5.76. The van der Waals surface area contributed by atoms with Gasteiger partial charge in [0, 0.05) is 13.0 Å². The van der Waals surface area contributed by atoms with Crippen LogP contribution in [0.15, 0.2) is 48.5 Å². The van der Waals surface area contributed by atoms with E-state index in [0.717, 1.165) is 22.6 Å². The minimum absolute atomic E-state index is 0.0972. The Hall–Kier alpha value is -2.57. The van der Waals surface area contributed by atoms with Gasteiger partial charge in [0.15, 0.2) is 0 Å². The van der Waals surface area contributed by atoms with Crippen LogP contribution in [-0.2, 0) is 22.6 Å². The van der Waals surface area contributed by atoms with E-state index in [1.54, 1.807) is 14.2 Å². The standard InChI is InChI=1S/C21H27NO5/c1-25-19-8-3-16(4-9-19)7-12-21(24)22-13-18(23)15-27-14-17-5-10-20(26-2)11-6-17/h3-6,8-11,18,23H,7,12-15H2,1-2H3,(H,22,24)/t18-/m1/s1. The van der Waals surface area contributed by atoms with Crippen LogP contribution in [0.1, 0.15) is 17.5 Å². The average molecular weight is 373 g/mol. The molecule has 0 aliphatic rings. The van der Waals surface area contributed by atoms with Crippen LogP contribution in [0.25, 0.3) is 0 Å². The number of amides is 1. The Balaban J connectivity index is 1.59. The van der Waals surface area contributed by atoms with Crippen LogP contribution >= 0.6 is 0 Å². The molecule has 6 heteroatoms. The summed E-state index contributed by atoms with van der Waals surface area (Å²) in [5.74, 6) is 1.48. The van der Waals surface area contributed by atoms with Gasteiger partial charge in [0.1, 0.15) is 11.5 Å². The Labute approximate surface area is 160 Å². The van der Waals surface area contributed by atoms with Gasteiger partial charge in [0.2, 0.25) is 5.91 Å². The van der Waals surface area contributed by atoms with Gasteiger partial charge in [-0.15, -0.1) is 0 Å². The molecule has 0 saturated heterocycles. The number of aryl methyl sites for hydroxylation is 1. The molecule has 1 atom stereocenters. The van der Waals surface area contributed by atoms with E-state index < -0.39 is 6.10 Å². The molecule has 0 unspecified atom stereocenters. The Morgan fingerprint density at radius 1 is 0.963 bits per heavy atom. The molecule has 0 fully saturated rings. The monoisotopic (exact) mass is 373 g/mol. The number of methoxy groups -OCH3 is 2. The molecule has 0 saturated carbocycles. The highest BCUT2D eigenvalue weighted by Gasteiger charge is 2.08. The summed E-state index contributed by atoms with van der Waals surface area (Å²) < 4.78 is 15.7. The Morgan fingerprint density at radius 3 is 2.07 bits per heavy atom. The minimum atomic E-state index is -0.742. The molecule has 0 aliphatic carbocycles. The smallest absolute Gasteiger partial charge is 0.220 e. The second-order valence-corrected chi connectivity index (χ2v) is 6.17. The van der Waals surface area contributed by atoms with Crippen molar-refractivity contribution in [3.05, 3.63) is 59.7 Å². The molecule has 27 heavy (non-hydrogen) atoms. The number of aliphatic hydroxyl groups is 1. The van der Waals surface area contributed by atoms with Gasteiger partial charge < -0.3 is 24.6 Å². The van der Waals surface area contributed by atoms with Gasteiger partial charge in [-0.1, -0.05) is 24.3 Å². The number of hydrogen-bond acceptors (Lipinski definition) is 5. The van der Waals surface area contributed by atoms with Gasteiger partial charge in [-0.3, -0.25) is 4.79 Å². The highest BCUT2D eigenvalue weighted by Crippen LogP contribution is 2.13. The van der Waals surface area contributed by atoms with Crippen molar-refractivity contribution in [2.24, 2.45) is 0 Å². The molecule has 2 aromatic rings. The molecule has 2 N–H and O–H groups in total. The van der Waals surface area contributed by atoms with E-state index in [9.17, 15) is 9.90 Å². The third kappa shape index (κ3) is 7.68. The summed E-state index contributed by atoms with van der Waals surface area (Å²) in [6.07, 6.45) is 0.263. The largest absolute Gasteiger partial charge is 0.497 e. The van der Waals surface area contributed by atoms with E-state index in [1.807, 2.05) is 48.5 Å². The van der Waals surface area contributed by atoms with Gasteiger partial charge >= 0.3 is 0 Å². The van der Waals surface area contributed by atoms with Crippen molar-refractivity contribution in [1.82, 2.24) is 5.32 Å². The van der Waals surface area contributed by atoms with Crippen LogP contribution in [0.2, 0.25) is 0 Å². The van der Waals surface area contributed by atoms with E-state index >= 15 is 0 Å². The average Bonchev–Trinajstić information content (AvgIpc) is 2.71. The molecule has 0 aromatic heterocycles. The van der Waals surface area contributed by atoms with Crippen molar-refractivity contribution in [3.63, 3.8) is 0 Å². The van der Waals surface area contributed by atoms with Crippen molar-refractivity contribution in [3.8, 4) is 11.5 Å². The second kappa shape index (κ2) is 11.2. The lowest BCUT2D eigenvalue weighted by atomic mass is 10.1. The Bertz CT molecular complexity index is 685. The fourth-order valence-corrected chi connectivity index (χ4v) is 2.46. The number of carbonyl (C=O) groups excluding carboxylic acids is 1. The SMILES string of the molecule is COc1ccc(CCC(=O)NC[C@@H](O)COCc2ccc(OC)cc2)cc1. The van der Waals surface area contributed by atoms with Gasteiger partial charge in [-0.2, -0.15) is 0 Å². The molecule has 0 heterocycles. The van der Waals surface area contributed by atoms with Crippen molar-refractivity contribution >= 4 is 5.91 Å². The predicted molar refractivity (Wildman–Crippen MR) is 103 cm³/mol. The number of ether oxygens (including phenoxy) is 3. The number of nitrogens with one attached hydrogen (secondary N) is 1. The number of carbonyl (C=O) groups is 1. The second-order valence-electron chi connectivity index (χ2n) is 6.17. The van der Waals surface area contributed by atoms with Crippen LogP contribution in [0.3, 0.4) is 0 Å². The lowest BCUT2D eigenvalue weighted by molar-refractivity contribution is -0.121. The molecule has 0 bridgehead atoms. The molecular weight excluding hydrogens is 346 g/mol. The fraction of sp³-hybridized carbons (Fsp3) is 0.381. The summed E-state index contributed by atoms with van der Waals surface area (Å²) in [5.41, 5.74) is 2.06. The molecule has 0 spiro atoms. The van der Waals surface area contributed by atoms with Crippen LogP contribution in [0, 0.1) is 0 Å². The molecule has 146 valence electrons. The van der Waals surface area contributed by atoms with Crippen molar-refractivity contribution in [2.75, 3.05) is 27.4 Å². The van der Waals surface area contributed by atoms with E-state index in [-0.39, 0.29) is 19.1 Å². The lowest BCUT2D eigenvalue weighted by Crippen LogP contribution is -2.34. The van der Waals surface area contributed by atoms with Crippen molar-refractivity contribution < 1.29 is 24.1 Å². The van der Waals surface area contributed by atoms with Gasteiger partial charge in [0.25, 0.3) is 0 Å². The molecule has 6 nitrogen and oxygen atoms in total. The normalized spacial score (nSPS) is 11.7. The third-order valence-electron chi connectivity index (χ3n) is 4.07. The molecule has 0 aliphatic heterocycles. The zero-order valence-electron chi connectivity index (χ0n) is 15.8. The van der Waals surface area contributed by atoms with Gasteiger partial charge in [0.05, 0.1) is 33.5 Å². The fourth-order valence-electron chi connectivity index (χ4n) is 2.46. The van der Waals surface area contributed by atoms with E-state index in [2.05, 4.69) is 5.32 Å². The zero-order valence-corrected chi connectivity index (χ0v) is 15.8. The van der Waals surface area contributed by atoms with Crippen LogP contribution in [0.5, 0.6) is 11.5 Å². The summed E-state index contributed by atoms with van der Waals surface area (Å²) in [4.78, 5) is 11.9. The van der Waals surface area contributed by atoms with Crippen LogP contribution < -0.4 is 14.8 Å². The van der Waals surface area contributed by atoms with Crippen LogP contribution in [-0.4, -0.2) is 44.5 Å². The molecule has 2 rings (SSSR count). The maximum absolute atomic E-state index is 11.9. The molecule has 1 amide bonds. The van der Waals surface area contributed by atoms with Crippen LogP contribution in [0.4, 0.5) is 0 Å². The molecular formula is C21H27NO5. The minimum Gasteiger partial charge on any atom is -0.497 e. The van der Waals surface area contributed by atoms with Crippen molar-refractivity contribution in [1.29, 1.82) is 0 Å². The predicted octanol–water partition coefficient (Wildman–Crippen LogP) is 2.33. The van der Waals surface area contributed by atoms with Gasteiger partial charge in [-0.05, 0) is 41.8 Å². The third-order valence-corrected chi connectivity index (χ3v) is 4.07. The highest BCUT2D eigenvalue weighted by atomic mass is 16.5. The number of aliphatic hydroxyl groups excluding tert-OH is 1. The first-order chi connectivity index (χ1) is 13.1. The summed E-state index contributed by atoms with van der Waals surface area (Å²) in [5, 5.41) is 12.7. The van der Waals surface area contributed by atoms with Crippen molar-refractivity contribution in [2.45, 2.75) is 25.6 Å². The first-order valence-corrected chi connectivity index (χ1v) is 8.89. The van der Waals surface area contributed by atoms with E-state index in [0.29, 0.717) is 19.4 Å². The molecule has 0 radical (unpaired) electrons. The van der Waals surface area contributed by atoms with E-state index in [4.69, 9.17) is 14.2 Å². The Morgan fingerprint density at radius 2 is 1.52 bits per heavy atom. The maximum atomic E-state index is 11.9. The summed E-state index contributed by atoms with van der Waals surface area (Å²) in [7, 11) is 3.24. The molecule has 2 aromatic carbocycles. The van der Waals surface area contributed by atoms with Gasteiger partial charge in [-0.25, -0.2) is 0 Å². The first kappa shape index (κ1) is 20.7. The van der Waals surface area contributed by atoms with E-state index in [1.165, 1.54) is 0 Å². The summed E-state index contributed by atoms with van der Waals surface area (Å²) in [6, 6.07) is 15.2. The number of hydrogen-bond donors (Lipinski definition) is 2.